The topological polar surface area (TPSA) is 71.1 Å². The van der Waals surface area contributed by atoms with Gasteiger partial charge in [-0.25, -0.2) is 9.97 Å². The number of nitrogens with zero attached hydrogens (tertiary/aromatic N) is 2. The second-order valence-corrected chi connectivity index (χ2v) is 4.80. The van der Waals surface area contributed by atoms with Crippen molar-refractivity contribution in [3.05, 3.63) is 12.4 Å². The van der Waals surface area contributed by atoms with Crippen LogP contribution in [0.15, 0.2) is 12.4 Å². The lowest BCUT2D eigenvalue weighted by Gasteiger charge is -2.23. The van der Waals surface area contributed by atoms with E-state index in [0.717, 1.165) is 37.8 Å². The van der Waals surface area contributed by atoms with E-state index in [-0.39, 0.29) is 0 Å². The van der Waals surface area contributed by atoms with Gasteiger partial charge in [-0.2, -0.15) is 0 Å². The lowest BCUT2D eigenvalue weighted by molar-refractivity contribution is 0.210. The number of anilines is 2. The molecule has 1 atom stereocenters. The molecule has 0 saturated carbocycles. The molecule has 0 aliphatic carbocycles. The van der Waals surface area contributed by atoms with E-state index in [1.54, 1.807) is 13.4 Å². The van der Waals surface area contributed by atoms with Crippen LogP contribution in [0.25, 0.3) is 0 Å². The largest absolute Gasteiger partial charge is 0.383 e. The fraction of sp³-hybridized carbons (Fsp3) is 0.692. The van der Waals surface area contributed by atoms with Crippen molar-refractivity contribution in [3.8, 4) is 0 Å². The van der Waals surface area contributed by atoms with Gasteiger partial charge in [0.2, 0.25) is 0 Å². The first-order valence-electron chi connectivity index (χ1n) is 6.88. The molecule has 6 heteroatoms. The molecule has 1 aromatic heterocycles. The van der Waals surface area contributed by atoms with E-state index in [4.69, 9.17) is 4.74 Å². The average molecular weight is 265 g/mol. The first kappa shape index (κ1) is 14.0. The van der Waals surface area contributed by atoms with Crippen LogP contribution in [0.5, 0.6) is 0 Å². The highest BCUT2D eigenvalue weighted by Crippen LogP contribution is 2.13. The summed E-state index contributed by atoms with van der Waals surface area (Å²) in [7, 11) is 1.69. The molecule has 1 saturated heterocycles. The zero-order valence-electron chi connectivity index (χ0n) is 11.5. The molecule has 0 aromatic carbocycles. The maximum Gasteiger partial charge on any atom is 0.131 e. The monoisotopic (exact) mass is 265 g/mol. The molecule has 1 aliphatic heterocycles. The normalized spacial score (nSPS) is 19.1. The molecule has 0 bridgehead atoms. The Balaban J connectivity index is 1.77. The van der Waals surface area contributed by atoms with Gasteiger partial charge in [-0.05, 0) is 31.8 Å². The van der Waals surface area contributed by atoms with Gasteiger partial charge in [-0.15, -0.1) is 0 Å². The lowest BCUT2D eigenvalue weighted by Crippen LogP contribution is -2.33. The summed E-state index contributed by atoms with van der Waals surface area (Å²) in [4.78, 5) is 8.41. The maximum absolute atomic E-state index is 4.99. The summed E-state index contributed by atoms with van der Waals surface area (Å²) < 4.78 is 4.99. The fourth-order valence-corrected chi connectivity index (χ4v) is 2.18. The Bertz CT molecular complexity index is 368. The Morgan fingerprint density at radius 1 is 1.37 bits per heavy atom. The molecule has 106 valence electrons. The minimum atomic E-state index is 0.667. The SMILES string of the molecule is COCCNc1cc(NCC2CCCNC2)ncn1. The van der Waals surface area contributed by atoms with Gasteiger partial charge in [0, 0.05) is 26.3 Å². The van der Waals surface area contributed by atoms with Crippen molar-refractivity contribution in [1.29, 1.82) is 0 Å². The van der Waals surface area contributed by atoms with Crippen LogP contribution in [-0.2, 0) is 4.74 Å². The second kappa shape index (κ2) is 7.91. The zero-order valence-corrected chi connectivity index (χ0v) is 11.5. The molecule has 2 heterocycles. The molecule has 6 nitrogen and oxygen atoms in total. The van der Waals surface area contributed by atoms with E-state index in [2.05, 4.69) is 25.9 Å². The number of aromatic nitrogens is 2. The van der Waals surface area contributed by atoms with Crippen LogP contribution in [0.3, 0.4) is 0 Å². The van der Waals surface area contributed by atoms with Crippen molar-refractivity contribution in [2.45, 2.75) is 12.8 Å². The van der Waals surface area contributed by atoms with Gasteiger partial charge in [0.15, 0.2) is 0 Å². The summed E-state index contributed by atoms with van der Waals surface area (Å²) in [6.45, 7) is 4.62. The first-order valence-corrected chi connectivity index (χ1v) is 6.88. The Morgan fingerprint density at radius 2 is 2.21 bits per heavy atom. The van der Waals surface area contributed by atoms with Crippen LogP contribution < -0.4 is 16.0 Å². The minimum Gasteiger partial charge on any atom is -0.383 e. The molecular weight excluding hydrogens is 242 g/mol. The summed E-state index contributed by atoms with van der Waals surface area (Å²) in [6, 6.07) is 1.94. The Kier molecular flexibility index (Phi) is 5.84. The third-order valence-electron chi connectivity index (χ3n) is 3.25. The number of nitrogens with one attached hydrogen (secondary N) is 3. The van der Waals surface area contributed by atoms with E-state index in [1.165, 1.54) is 12.8 Å². The van der Waals surface area contributed by atoms with Crippen LogP contribution in [0.4, 0.5) is 11.6 Å². The Hall–Kier alpha value is -1.40. The summed E-state index contributed by atoms with van der Waals surface area (Å²) >= 11 is 0. The molecule has 0 amide bonds. The molecule has 1 aromatic rings. The second-order valence-electron chi connectivity index (χ2n) is 4.80. The summed E-state index contributed by atoms with van der Waals surface area (Å²) in [6.07, 6.45) is 4.13. The third-order valence-corrected chi connectivity index (χ3v) is 3.25. The lowest BCUT2D eigenvalue weighted by atomic mass is 10.00. The van der Waals surface area contributed by atoms with Gasteiger partial charge in [0.05, 0.1) is 6.61 Å². The molecule has 1 fully saturated rings. The van der Waals surface area contributed by atoms with E-state index >= 15 is 0 Å². The smallest absolute Gasteiger partial charge is 0.131 e. The van der Waals surface area contributed by atoms with E-state index in [0.29, 0.717) is 12.5 Å². The van der Waals surface area contributed by atoms with E-state index < -0.39 is 0 Å². The van der Waals surface area contributed by atoms with Crippen molar-refractivity contribution in [3.63, 3.8) is 0 Å². The van der Waals surface area contributed by atoms with Crippen molar-refractivity contribution >= 4 is 11.6 Å². The summed E-state index contributed by atoms with van der Waals surface area (Å²) in [5, 5.41) is 10.00. The van der Waals surface area contributed by atoms with Crippen LogP contribution in [0.2, 0.25) is 0 Å². The van der Waals surface area contributed by atoms with Crippen LogP contribution >= 0.6 is 0 Å². The molecule has 0 spiro atoms. The molecule has 3 N–H and O–H groups in total. The molecule has 1 aliphatic rings. The Morgan fingerprint density at radius 3 is 2.95 bits per heavy atom. The van der Waals surface area contributed by atoms with Crippen LogP contribution in [0, 0.1) is 5.92 Å². The van der Waals surface area contributed by atoms with Crippen molar-refractivity contribution < 1.29 is 4.74 Å². The molecule has 19 heavy (non-hydrogen) atoms. The van der Waals surface area contributed by atoms with Crippen molar-refractivity contribution in [1.82, 2.24) is 15.3 Å². The molecule has 0 radical (unpaired) electrons. The highest BCUT2D eigenvalue weighted by atomic mass is 16.5. The van der Waals surface area contributed by atoms with E-state index in [9.17, 15) is 0 Å². The van der Waals surface area contributed by atoms with Crippen molar-refractivity contribution in [2.24, 2.45) is 5.92 Å². The van der Waals surface area contributed by atoms with Crippen LogP contribution in [0.1, 0.15) is 12.8 Å². The fourth-order valence-electron chi connectivity index (χ4n) is 2.18. The summed E-state index contributed by atoms with van der Waals surface area (Å²) in [5.74, 6) is 2.39. The van der Waals surface area contributed by atoms with Gasteiger partial charge in [0.25, 0.3) is 0 Å². The van der Waals surface area contributed by atoms with Gasteiger partial charge in [0.1, 0.15) is 18.0 Å². The predicted octanol–water partition coefficient (Wildman–Crippen LogP) is 0.946. The van der Waals surface area contributed by atoms with Crippen molar-refractivity contribution in [2.75, 3.05) is 50.5 Å². The standard InChI is InChI=1S/C13H23N5O/c1-19-6-5-15-12-7-13(18-10-17-12)16-9-11-3-2-4-14-8-11/h7,10-11,14H,2-6,8-9H2,1H3,(H2,15,16,17,18). The highest BCUT2D eigenvalue weighted by molar-refractivity contribution is 5.46. The summed E-state index contributed by atoms with van der Waals surface area (Å²) in [5.41, 5.74) is 0. The zero-order chi connectivity index (χ0) is 13.3. The number of hydrogen-bond acceptors (Lipinski definition) is 6. The number of piperidine rings is 1. The molecular formula is C13H23N5O. The number of ether oxygens (including phenoxy) is 1. The first-order chi connectivity index (χ1) is 9.38. The average Bonchev–Trinajstić information content (AvgIpc) is 2.47. The minimum absolute atomic E-state index is 0.667. The molecule has 2 rings (SSSR count). The number of hydrogen-bond donors (Lipinski definition) is 3. The van der Waals surface area contributed by atoms with E-state index in [1.807, 2.05) is 6.07 Å². The van der Waals surface area contributed by atoms with Gasteiger partial charge >= 0.3 is 0 Å². The number of methoxy groups -OCH3 is 1. The van der Waals surface area contributed by atoms with Gasteiger partial charge in [-0.1, -0.05) is 0 Å². The molecule has 1 unspecified atom stereocenters. The van der Waals surface area contributed by atoms with Gasteiger partial charge < -0.3 is 20.7 Å². The third kappa shape index (κ3) is 5.00. The predicted molar refractivity (Wildman–Crippen MR) is 76.5 cm³/mol. The van der Waals surface area contributed by atoms with Crippen LogP contribution in [-0.4, -0.2) is 49.9 Å². The van der Waals surface area contributed by atoms with Gasteiger partial charge in [-0.3, -0.25) is 0 Å². The number of rotatable bonds is 7. The highest BCUT2D eigenvalue weighted by Gasteiger charge is 2.12. The maximum atomic E-state index is 4.99. The Labute approximate surface area is 114 Å². The quantitative estimate of drug-likeness (QED) is 0.638.